The Morgan fingerprint density at radius 3 is 2.00 bits per heavy atom. The van der Waals surface area contributed by atoms with Crippen LogP contribution in [0, 0.1) is 0 Å². The molecule has 0 radical (unpaired) electrons. The first-order valence-corrected chi connectivity index (χ1v) is 19.2. The number of para-hydroxylation sites is 1. The van der Waals surface area contributed by atoms with E-state index in [1.807, 2.05) is 36.4 Å². The van der Waals surface area contributed by atoms with E-state index in [1.165, 1.54) is 49.8 Å². The van der Waals surface area contributed by atoms with E-state index in [-0.39, 0.29) is 6.04 Å². The first-order valence-electron chi connectivity index (χ1n) is 19.2. The molecule has 0 N–H and O–H groups in total. The minimum Gasteiger partial charge on any atom is -0.438 e. The lowest BCUT2D eigenvalue weighted by Crippen LogP contribution is -2.27. The number of benzene rings is 7. The average Bonchev–Trinajstić information content (AvgIpc) is 3.78. The van der Waals surface area contributed by atoms with Crippen molar-refractivity contribution in [2.45, 2.75) is 18.6 Å². The lowest BCUT2D eigenvalue weighted by molar-refractivity contribution is 0.824. The highest BCUT2D eigenvalue weighted by Crippen LogP contribution is 2.51. The summed E-state index contributed by atoms with van der Waals surface area (Å²) in [6.07, 6.45) is 7.29. The topological polar surface area (TPSA) is 47.0 Å². The van der Waals surface area contributed by atoms with Gasteiger partial charge in [-0.05, 0) is 82.3 Å². The van der Waals surface area contributed by atoms with E-state index in [4.69, 9.17) is 15.3 Å². The summed E-state index contributed by atoms with van der Waals surface area (Å²) in [6.45, 7) is 0. The van der Waals surface area contributed by atoms with E-state index in [9.17, 15) is 0 Å². The number of allylic oxidation sites excluding steroid dienone is 2. The van der Waals surface area contributed by atoms with E-state index < -0.39 is 6.17 Å². The van der Waals surface area contributed by atoms with Gasteiger partial charge >= 0.3 is 0 Å². The molecule has 3 aliphatic rings. The van der Waals surface area contributed by atoms with E-state index in [2.05, 4.69) is 167 Å². The molecule has 8 aromatic rings. The molecule has 266 valence electrons. The fourth-order valence-electron chi connectivity index (χ4n) is 8.62. The predicted molar refractivity (Wildman–Crippen MR) is 232 cm³/mol. The van der Waals surface area contributed by atoms with Crippen molar-refractivity contribution >= 4 is 50.4 Å². The van der Waals surface area contributed by atoms with Crippen molar-refractivity contribution in [3.63, 3.8) is 0 Å². The minimum atomic E-state index is -0.442. The molecule has 7 aromatic carbocycles. The van der Waals surface area contributed by atoms with Crippen molar-refractivity contribution in [3.8, 4) is 16.8 Å². The fourth-order valence-corrected chi connectivity index (χ4v) is 8.62. The second-order valence-corrected chi connectivity index (χ2v) is 14.5. The van der Waals surface area contributed by atoms with Crippen LogP contribution in [0.1, 0.15) is 34.8 Å². The fraction of sp³-hybridized carbons (Fsp3) is 0.0588. The molecule has 1 aliphatic carbocycles. The third-order valence-corrected chi connectivity index (χ3v) is 11.2. The number of anilines is 2. The van der Waals surface area contributed by atoms with Crippen molar-refractivity contribution in [2.75, 3.05) is 4.90 Å². The van der Waals surface area contributed by atoms with Crippen LogP contribution in [0.5, 0.6) is 0 Å². The molecule has 0 fully saturated rings. The molecular weight excluding hydrogens is 683 g/mol. The Morgan fingerprint density at radius 2 is 1.23 bits per heavy atom. The molecule has 0 spiro atoms. The zero-order valence-corrected chi connectivity index (χ0v) is 30.6. The number of nitrogens with zero attached hydrogens (tertiary/aromatic N) is 5. The second kappa shape index (κ2) is 13.3. The van der Waals surface area contributed by atoms with Gasteiger partial charge in [0.2, 0.25) is 0 Å². The molecule has 2 atom stereocenters. The van der Waals surface area contributed by atoms with Gasteiger partial charge in [-0.2, -0.15) is 0 Å². The Balaban J connectivity index is 1.07. The summed E-state index contributed by atoms with van der Waals surface area (Å²) in [5.74, 6) is 1.38. The van der Waals surface area contributed by atoms with Crippen molar-refractivity contribution in [3.05, 3.63) is 222 Å². The van der Waals surface area contributed by atoms with Crippen LogP contribution < -0.4 is 4.90 Å². The number of hydrogen-bond donors (Lipinski definition) is 0. The molecule has 2 aliphatic heterocycles. The van der Waals surface area contributed by atoms with Gasteiger partial charge in [0.1, 0.15) is 0 Å². The Kier molecular flexibility index (Phi) is 7.62. The van der Waals surface area contributed by atoms with Gasteiger partial charge in [-0.15, -0.1) is 0 Å². The molecule has 56 heavy (non-hydrogen) atoms. The van der Waals surface area contributed by atoms with Crippen LogP contribution in [-0.4, -0.2) is 22.3 Å². The molecule has 2 unspecified atom stereocenters. The van der Waals surface area contributed by atoms with E-state index >= 15 is 0 Å². The summed E-state index contributed by atoms with van der Waals surface area (Å²) in [6, 6.07) is 62.6. The first kappa shape index (κ1) is 32.2. The Labute approximate surface area is 325 Å². The molecule has 5 nitrogen and oxygen atoms in total. The number of aromatic nitrogens is 1. The minimum absolute atomic E-state index is 0.172. The molecule has 3 heterocycles. The van der Waals surface area contributed by atoms with Crippen molar-refractivity contribution in [1.29, 1.82) is 0 Å². The Morgan fingerprint density at radius 1 is 0.554 bits per heavy atom. The van der Waals surface area contributed by atoms with E-state index in [1.54, 1.807) is 0 Å². The average molecular weight is 719 g/mol. The Bertz CT molecular complexity index is 2900. The molecule has 11 rings (SSSR count). The van der Waals surface area contributed by atoms with Gasteiger partial charge in [-0.3, -0.25) is 4.99 Å². The highest BCUT2D eigenvalue weighted by molar-refractivity contribution is 6.19. The first-order chi connectivity index (χ1) is 27.8. The summed E-state index contributed by atoms with van der Waals surface area (Å²) < 4.78 is 2.44. The summed E-state index contributed by atoms with van der Waals surface area (Å²) in [7, 11) is 0. The largest absolute Gasteiger partial charge is 0.438 e. The van der Waals surface area contributed by atoms with Gasteiger partial charge < -0.3 is 19.8 Å². The highest BCUT2D eigenvalue weighted by Gasteiger charge is 2.36. The number of hydrogen-bond acceptors (Lipinski definition) is 3. The molecule has 1 aromatic heterocycles. The van der Waals surface area contributed by atoms with Gasteiger partial charge in [0.05, 0.1) is 34.8 Å². The van der Waals surface area contributed by atoms with E-state index in [0.29, 0.717) is 11.7 Å². The maximum Gasteiger partial charge on any atom is 0.0822 e. The lowest BCUT2D eigenvalue weighted by atomic mass is 9.95. The SMILES string of the molecule is C1=CCC2C(=C1)c1cc3c4ccc(-c5ccccc5)cc4n(-c4ccccc4)c3cc1N2c1cccc(C2N=C(c3ccccc3)N=C(c3ccccc3)[N-]2)c1. The Hall–Kier alpha value is -7.24. The van der Waals surface area contributed by atoms with Gasteiger partial charge in [-0.25, -0.2) is 0 Å². The van der Waals surface area contributed by atoms with Gasteiger partial charge in [0.15, 0.2) is 0 Å². The van der Waals surface area contributed by atoms with Crippen LogP contribution in [0.15, 0.2) is 204 Å². The van der Waals surface area contributed by atoms with Crippen LogP contribution in [0.2, 0.25) is 0 Å². The number of aliphatic imine (C=N–C) groups is 2. The summed E-state index contributed by atoms with van der Waals surface area (Å²) in [5.41, 5.74) is 13.9. The third kappa shape index (κ3) is 5.39. The summed E-state index contributed by atoms with van der Waals surface area (Å²) in [4.78, 5) is 12.6. The standard InChI is InChI=1S/C51H36N5/c1-5-16-34(17-6-1)37-28-29-42-44-32-43-41-26-13-14-27-45(41)56(48(43)33-47(44)55(46(42)31-37)39-23-11-4-12-24-39)40-25-15-22-38(30-40)51-53-49(35-18-7-2-8-19-35)52-50(54-51)36-20-9-3-10-21-36/h1-26,28-33,45,51H,27H2/q-1. The molecule has 0 saturated carbocycles. The highest BCUT2D eigenvalue weighted by atomic mass is 15.2. The van der Waals surface area contributed by atoms with Crippen LogP contribution in [-0.2, 0) is 0 Å². The van der Waals surface area contributed by atoms with Crippen molar-refractivity contribution < 1.29 is 0 Å². The number of amidine groups is 2. The zero-order chi connectivity index (χ0) is 37.0. The molecule has 0 bridgehead atoms. The van der Waals surface area contributed by atoms with Gasteiger partial charge in [0, 0.05) is 27.7 Å². The van der Waals surface area contributed by atoms with Crippen LogP contribution >= 0.6 is 0 Å². The normalized spacial score (nSPS) is 17.2. The number of rotatable bonds is 6. The van der Waals surface area contributed by atoms with Gasteiger partial charge in [0.25, 0.3) is 0 Å². The van der Waals surface area contributed by atoms with Crippen LogP contribution in [0.25, 0.3) is 49.5 Å². The predicted octanol–water partition coefficient (Wildman–Crippen LogP) is 12.6. The maximum atomic E-state index is 5.15. The quantitative estimate of drug-likeness (QED) is 0.169. The van der Waals surface area contributed by atoms with E-state index in [0.717, 1.165) is 34.5 Å². The second-order valence-electron chi connectivity index (χ2n) is 14.5. The molecule has 0 saturated heterocycles. The zero-order valence-electron chi connectivity index (χ0n) is 30.6. The third-order valence-electron chi connectivity index (χ3n) is 11.2. The van der Waals surface area contributed by atoms with Gasteiger partial charge in [-0.1, -0.05) is 158 Å². The molecule has 0 amide bonds. The maximum absolute atomic E-state index is 5.15. The molecule has 5 heteroatoms. The monoisotopic (exact) mass is 718 g/mol. The summed E-state index contributed by atoms with van der Waals surface area (Å²) in [5, 5.41) is 7.65. The van der Waals surface area contributed by atoms with Crippen molar-refractivity contribution in [2.24, 2.45) is 9.98 Å². The summed E-state index contributed by atoms with van der Waals surface area (Å²) >= 11 is 0. The smallest absolute Gasteiger partial charge is 0.0822 e. The van der Waals surface area contributed by atoms with Crippen molar-refractivity contribution in [1.82, 2.24) is 4.57 Å². The van der Waals surface area contributed by atoms with Crippen LogP contribution in [0.3, 0.4) is 0 Å². The lowest BCUT2D eigenvalue weighted by Gasteiger charge is -2.33. The molecular formula is C51H36N5-. The van der Waals surface area contributed by atoms with Crippen LogP contribution in [0.4, 0.5) is 11.4 Å². The number of fused-ring (bicyclic) bond motifs is 6.